The number of aromatic nitrogens is 2. The second kappa shape index (κ2) is 5.11. The van der Waals surface area contributed by atoms with Gasteiger partial charge in [0.25, 0.3) is 0 Å². The van der Waals surface area contributed by atoms with Crippen molar-refractivity contribution >= 4 is 0 Å². The summed E-state index contributed by atoms with van der Waals surface area (Å²) in [5, 5.41) is 3.72. The van der Waals surface area contributed by atoms with Gasteiger partial charge in [-0.2, -0.15) is 0 Å². The minimum atomic E-state index is -0.512. The van der Waals surface area contributed by atoms with Gasteiger partial charge >= 0.3 is 5.76 Å². The molecule has 5 heteroatoms. The lowest BCUT2D eigenvalue weighted by Crippen LogP contribution is -2.26. The van der Waals surface area contributed by atoms with Crippen LogP contribution in [-0.2, 0) is 0 Å². The van der Waals surface area contributed by atoms with Gasteiger partial charge in [0, 0.05) is 12.5 Å². The Bertz CT molecular complexity index is 342. The van der Waals surface area contributed by atoms with Gasteiger partial charge in [0.05, 0.1) is 0 Å². The summed E-state index contributed by atoms with van der Waals surface area (Å²) in [5.41, 5.74) is 5.72. The molecule has 0 spiro atoms. The van der Waals surface area contributed by atoms with Crippen molar-refractivity contribution in [3.05, 3.63) is 16.4 Å². The Morgan fingerprint density at radius 3 is 2.53 bits per heavy atom. The maximum Gasteiger partial charge on any atom is 0.438 e. The molecule has 0 aliphatic heterocycles. The minimum Gasteiger partial charge on any atom is -0.330 e. The van der Waals surface area contributed by atoms with Gasteiger partial charge in [0.1, 0.15) is 0 Å². The van der Waals surface area contributed by atoms with Crippen molar-refractivity contribution in [3.8, 4) is 0 Å². The Labute approximate surface area is 89.0 Å². The SMILES string of the molecule is CCC(C(C)C)C(CN)c1noc(=O)[nH]1. The zero-order valence-electron chi connectivity index (χ0n) is 9.49. The Hall–Kier alpha value is -1.10. The highest BCUT2D eigenvalue weighted by molar-refractivity contribution is 4.97. The van der Waals surface area contributed by atoms with Crippen molar-refractivity contribution in [1.82, 2.24) is 10.1 Å². The van der Waals surface area contributed by atoms with E-state index in [0.717, 1.165) is 6.42 Å². The van der Waals surface area contributed by atoms with Gasteiger partial charge in [0.2, 0.25) is 0 Å². The number of aromatic amines is 1. The molecule has 0 aromatic carbocycles. The molecule has 86 valence electrons. The Kier molecular flexibility index (Phi) is 4.08. The summed E-state index contributed by atoms with van der Waals surface area (Å²) >= 11 is 0. The molecular formula is C10H19N3O2. The molecule has 0 radical (unpaired) electrons. The van der Waals surface area contributed by atoms with Crippen LogP contribution in [-0.4, -0.2) is 16.7 Å². The highest BCUT2D eigenvalue weighted by atomic mass is 16.5. The first-order valence-corrected chi connectivity index (χ1v) is 5.36. The molecule has 1 aromatic rings. The summed E-state index contributed by atoms with van der Waals surface area (Å²) in [7, 11) is 0. The van der Waals surface area contributed by atoms with E-state index in [1.165, 1.54) is 0 Å². The van der Waals surface area contributed by atoms with Crippen LogP contribution in [0, 0.1) is 11.8 Å². The van der Waals surface area contributed by atoms with Crippen molar-refractivity contribution in [3.63, 3.8) is 0 Å². The normalized spacial score (nSPS) is 15.5. The number of nitrogens with zero attached hydrogens (tertiary/aromatic N) is 1. The summed E-state index contributed by atoms with van der Waals surface area (Å²) in [6.45, 7) is 6.88. The summed E-state index contributed by atoms with van der Waals surface area (Å²) in [4.78, 5) is 13.4. The van der Waals surface area contributed by atoms with Gasteiger partial charge in [-0.25, -0.2) is 4.79 Å². The second-order valence-electron chi connectivity index (χ2n) is 4.14. The number of rotatable bonds is 5. The predicted molar refractivity (Wildman–Crippen MR) is 57.5 cm³/mol. The minimum absolute atomic E-state index is 0.0708. The third kappa shape index (κ3) is 2.68. The van der Waals surface area contributed by atoms with Crippen LogP contribution in [0.2, 0.25) is 0 Å². The third-order valence-electron chi connectivity index (χ3n) is 2.91. The van der Waals surface area contributed by atoms with Crippen molar-refractivity contribution in [2.24, 2.45) is 17.6 Å². The summed E-state index contributed by atoms with van der Waals surface area (Å²) in [5.74, 6) is 1.05. The van der Waals surface area contributed by atoms with E-state index in [1.54, 1.807) is 0 Å². The molecule has 0 bridgehead atoms. The van der Waals surface area contributed by atoms with Crippen LogP contribution < -0.4 is 11.5 Å². The summed E-state index contributed by atoms with van der Waals surface area (Å²) in [6.07, 6.45) is 1.01. The molecular weight excluding hydrogens is 194 g/mol. The lowest BCUT2D eigenvalue weighted by atomic mass is 9.81. The van der Waals surface area contributed by atoms with Gasteiger partial charge in [0.15, 0.2) is 5.82 Å². The van der Waals surface area contributed by atoms with Crippen LogP contribution in [0.25, 0.3) is 0 Å². The number of hydrogen-bond acceptors (Lipinski definition) is 4. The van der Waals surface area contributed by atoms with Gasteiger partial charge in [-0.05, 0) is 11.8 Å². The van der Waals surface area contributed by atoms with Crippen LogP contribution in [0.4, 0.5) is 0 Å². The van der Waals surface area contributed by atoms with Crippen molar-refractivity contribution in [1.29, 1.82) is 0 Å². The van der Waals surface area contributed by atoms with Gasteiger partial charge in [-0.1, -0.05) is 32.3 Å². The van der Waals surface area contributed by atoms with Crippen LogP contribution >= 0.6 is 0 Å². The van der Waals surface area contributed by atoms with Gasteiger partial charge in [-0.3, -0.25) is 9.51 Å². The molecule has 1 aromatic heterocycles. The van der Waals surface area contributed by atoms with Crippen molar-refractivity contribution < 1.29 is 4.52 Å². The maximum absolute atomic E-state index is 10.9. The molecule has 15 heavy (non-hydrogen) atoms. The molecule has 0 amide bonds. The summed E-state index contributed by atoms with van der Waals surface area (Å²) < 4.78 is 4.51. The Morgan fingerprint density at radius 1 is 1.53 bits per heavy atom. The first-order valence-electron chi connectivity index (χ1n) is 5.36. The number of hydrogen-bond donors (Lipinski definition) is 2. The molecule has 0 saturated heterocycles. The molecule has 0 aliphatic rings. The molecule has 1 rings (SSSR count). The van der Waals surface area contributed by atoms with E-state index in [4.69, 9.17) is 5.73 Å². The fourth-order valence-corrected chi connectivity index (χ4v) is 2.11. The van der Waals surface area contributed by atoms with Crippen molar-refractivity contribution in [2.75, 3.05) is 6.54 Å². The lowest BCUT2D eigenvalue weighted by molar-refractivity contribution is 0.293. The second-order valence-corrected chi connectivity index (χ2v) is 4.14. The standard InChI is InChI=1S/C10H19N3O2/c1-4-7(6(2)3)8(5-11)9-12-10(14)15-13-9/h6-8H,4-5,11H2,1-3H3,(H,12,13,14). The lowest BCUT2D eigenvalue weighted by Gasteiger charge is -2.25. The monoisotopic (exact) mass is 213 g/mol. The topological polar surface area (TPSA) is 84.9 Å². The molecule has 2 atom stereocenters. The molecule has 3 N–H and O–H groups in total. The van der Waals surface area contributed by atoms with Crippen LogP contribution in [0.5, 0.6) is 0 Å². The largest absolute Gasteiger partial charge is 0.438 e. The fraction of sp³-hybridized carbons (Fsp3) is 0.800. The van der Waals surface area contributed by atoms with Crippen LogP contribution in [0.1, 0.15) is 38.9 Å². The average Bonchev–Trinajstić information content (AvgIpc) is 2.60. The predicted octanol–water partition coefficient (Wildman–Crippen LogP) is 1.09. The van der Waals surface area contributed by atoms with E-state index < -0.39 is 5.76 Å². The third-order valence-corrected chi connectivity index (χ3v) is 2.91. The van der Waals surface area contributed by atoms with E-state index in [9.17, 15) is 4.79 Å². The Balaban J connectivity index is 2.91. The maximum atomic E-state index is 10.9. The molecule has 2 unspecified atom stereocenters. The van der Waals surface area contributed by atoms with E-state index >= 15 is 0 Å². The highest BCUT2D eigenvalue weighted by Gasteiger charge is 2.26. The Morgan fingerprint density at radius 2 is 2.20 bits per heavy atom. The van der Waals surface area contributed by atoms with E-state index in [1.807, 2.05) is 0 Å². The van der Waals surface area contributed by atoms with E-state index in [-0.39, 0.29) is 5.92 Å². The quantitative estimate of drug-likeness (QED) is 0.766. The number of nitrogens with one attached hydrogen (secondary N) is 1. The molecule has 1 heterocycles. The number of nitrogens with two attached hydrogens (primary N) is 1. The van der Waals surface area contributed by atoms with Gasteiger partial charge in [-0.15, -0.1) is 0 Å². The van der Waals surface area contributed by atoms with Crippen LogP contribution in [0.15, 0.2) is 9.32 Å². The fourth-order valence-electron chi connectivity index (χ4n) is 2.11. The average molecular weight is 213 g/mol. The molecule has 0 fully saturated rings. The zero-order valence-corrected chi connectivity index (χ0v) is 9.49. The smallest absolute Gasteiger partial charge is 0.330 e. The first-order chi connectivity index (χ1) is 7.10. The number of H-pyrrole nitrogens is 1. The molecule has 0 aliphatic carbocycles. The zero-order chi connectivity index (χ0) is 11.4. The summed E-state index contributed by atoms with van der Waals surface area (Å²) in [6, 6.07) is 0. The first kappa shape index (κ1) is 12.0. The van der Waals surface area contributed by atoms with Crippen LogP contribution in [0.3, 0.4) is 0 Å². The van der Waals surface area contributed by atoms with Gasteiger partial charge < -0.3 is 5.73 Å². The van der Waals surface area contributed by atoms with E-state index in [0.29, 0.717) is 24.2 Å². The highest BCUT2D eigenvalue weighted by Crippen LogP contribution is 2.29. The molecule has 5 nitrogen and oxygen atoms in total. The molecule has 0 saturated carbocycles. The van der Waals surface area contributed by atoms with Crippen molar-refractivity contribution in [2.45, 2.75) is 33.1 Å². The van der Waals surface area contributed by atoms with E-state index in [2.05, 4.69) is 35.4 Å².